The lowest BCUT2D eigenvalue weighted by molar-refractivity contribution is -0.132. The third kappa shape index (κ3) is 2.08. The molecule has 0 amide bonds. The summed E-state index contributed by atoms with van der Waals surface area (Å²) in [4.78, 5) is 14.8. The Labute approximate surface area is 96.1 Å². The number of nitrogens with zero attached hydrogens (tertiary/aromatic N) is 1. The number of rotatable bonds is 2. The molecule has 0 saturated carbocycles. The molecular formula is C12H9F2NO2. The maximum Gasteiger partial charge on any atom is 0.354 e. The molecule has 1 aromatic rings. The van der Waals surface area contributed by atoms with E-state index < -0.39 is 17.6 Å². The second-order valence-corrected chi connectivity index (χ2v) is 3.79. The Balaban J connectivity index is 2.50. The first-order valence-electron chi connectivity index (χ1n) is 4.95. The van der Waals surface area contributed by atoms with Gasteiger partial charge in [-0.15, -0.1) is 0 Å². The van der Waals surface area contributed by atoms with Gasteiger partial charge in [-0.05, 0) is 30.2 Å². The van der Waals surface area contributed by atoms with Crippen LogP contribution in [0.5, 0.6) is 0 Å². The third-order valence-electron chi connectivity index (χ3n) is 2.49. The third-order valence-corrected chi connectivity index (χ3v) is 2.49. The molecule has 88 valence electrons. The van der Waals surface area contributed by atoms with Gasteiger partial charge in [0.2, 0.25) is 0 Å². The van der Waals surface area contributed by atoms with Crippen molar-refractivity contribution in [1.29, 1.82) is 0 Å². The van der Waals surface area contributed by atoms with Gasteiger partial charge in [-0.2, -0.15) is 0 Å². The van der Waals surface area contributed by atoms with E-state index in [0.29, 0.717) is 23.3 Å². The molecule has 0 aliphatic carbocycles. The van der Waals surface area contributed by atoms with Crippen molar-refractivity contribution in [2.45, 2.75) is 13.3 Å². The van der Waals surface area contributed by atoms with Crippen LogP contribution in [0.3, 0.4) is 0 Å². The van der Waals surface area contributed by atoms with Crippen molar-refractivity contribution >= 4 is 17.3 Å². The van der Waals surface area contributed by atoms with Crippen molar-refractivity contribution in [3.63, 3.8) is 0 Å². The fourth-order valence-electron chi connectivity index (χ4n) is 1.74. The van der Waals surface area contributed by atoms with Crippen LogP contribution in [-0.4, -0.2) is 16.8 Å². The van der Waals surface area contributed by atoms with E-state index >= 15 is 0 Å². The molecule has 0 aromatic heterocycles. The van der Waals surface area contributed by atoms with Gasteiger partial charge in [-0.25, -0.2) is 18.6 Å². The second-order valence-electron chi connectivity index (χ2n) is 3.79. The topological polar surface area (TPSA) is 49.7 Å². The molecular weight excluding hydrogens is 228 g/mol. The number of hydrogen-bond donors (Lipinski definition) is 1. The zero-order valence-electron chi connectivity index (χ0n) is 9.00. The molecule has 1 aliphatic heterocycles. The van der Waals surface area contributed by atoms with Crippen LogP contribution in [0.25, 0.3) is 5.57 Å². The maximum absolute atomic E-state index is 13.1. The van der Waals surface area contributed by atoms with Gasteiger partial charge in [-0.1, -0.05) is 6.07 Å². The minimum atomic E-state index is -1.17. The average Bonchev–Trinajstić information content (AvgIpc) is 2.64. The largest absolute Gasteiger partial charge is 0.477 e. The van der Waals surface area contributed by atoms with Gasteiger partial charge >= 0.3 is 5.97 Å². The SMILES string of the molecule is CC1=NC(C(=O)O)=C(c2ccc(F)c(F)c2)C1. The Kier molecular flexibility index (Phi) is 2.75. The van der Waals surface area contributed by atoms with Crippen LogP contribution in [0.4, 0.5) is 8.78 Å². The van der Waals surface area contributed by atoms with Gasteiger partial charge in [0.1, 0.15) is 0 Å². The Morgan fingerprint density at radius 2 is 2.06 bits per heavy atom. The highest BCUT2D eigenvalue weighted by Gasteiger charge is 2.22. The minimum absolute atomic E-state index is 0.103. The summed E-state index contributed by atoms with van der Waals surface area (Å²) in [5.41, 5.74) is 1.30. The van der Waals surface area contributed by atoms with Crippen molar-refractivity contribution in [2.24, 2.45) is 4.99 Å². The van der Waals surface area contributed by atoms with Gasteiger partial charge in [0.15, 0.2) is 17.3 Å². The first kappa shape index (κ1) is 11.4. The maximum atomic E-state index is 13.1. The molecule has 0 radical (unpaired) electrons. The summed E-state index contributed by atoms with van der Waals surface area (Å²) in [6.07, 6.45) is 0.340. The lowest BCUT2D eigenvalue weighted by atomic mass is 10.0. The average molecular weight is 237 g/mol. The van der Waals surface area contributed by atoms with Crippen LogP contribution in [0, 0.1) is 11.6 Å². The number of carboxylic acid groups (broad SMARTS) is 1. The minimum Gasteiger partial charge on any atom is -0.477 e. The molecule has 0 atom stereocenters. The van der Waals surface area contributed by atoms with E-state index in [9.17, 15) is 13.6 Å². The van der Waals surface area contributed by atoms with E-state index in [-0.39, 0.29) is 5.70 Å². The summed E-state index contributed by atoms with van der Waals surface area (Å²) in [7, 11) is 0. The van der Waals surface area contributed by atoms with Gasteiger partial charge in [-0.3, -0.25) is 0 Å². The molecule has 5 heteroatoms. The van der Waals surface area contributed by atoms with Gasteiger partial charge in [0.25, 0.3) is 0 Å². The van der Waals surface area contributed by atoms with Crippen molar-refractivity contribution in [2.75, 3.05) is 0 Å². The predicted molar refractivity (Wildman–Crippen MR) is 58.6 cm³/mol. The Morgan fingerprint density at radius 3 is 2.65 bits per heavy atom. The molecule has 0 fully saturated rings. The number of halogens is 2. The summed E-state index contributed by atoms with van der Waals surface area (Å²) in [6.45, 7) is 1.69. The first-order valence-corrected chi connectivity index (χ1v) is 4.95. The van der Waals surface area contributed by atoms with Gasteiger partial charge in [0, 0.05) is 12.1 Å². The normalized spacial score (nSPS) is 15.1. The number of benzene rings is 1. The molecule has 1 aromatic carbocycles. The molecule has 0 bridgehead atoms. The smallest absolute Gasteiger partial charge is 0.354 e. The van der Waals surface area contributed by atoms with Crippen LogP contribution in [-0.2, 0) is 4.79 Å². The predicted octanol–water partition coefficient (Wildman–Crippen LogP) is 2.63. The van der Waals surface area contributed by atoms with Gasteiger partial charge < -0.3 is 5.11 Å². The van der Waals surface area contributed by atoms with Crippen LogP contribution < -0.4 is 0 Å². The molecule has 1 N–H and O–H groups in total. The van der Waals surface area contributed by atoms with Crippen LogP contribution in [0.2, 0.25) is 0 Å². The van der Waals surface area contributed by atoms with Crippen LogP contribution in [0.1, 0.15) is 18.9 Å². The van der Waals surface area contributed by atoms with E-state index in [1.165, 1.54) is 6.07 Å². The second kappa shape index (κ2) is 4.08. The monoisotopic (exact) mass is 237 g/mol. The van der Waals surface area contributed by atoms with E-state index in [2.05, 4.69) is 4.99 Å². The summed E-state index contributed by atoms with van der Waals surface area (Å²) in [5.74, 6) is -3.12. The zero-order valence-corrected chi connectivity index (χ0v) is 9.00. The Bertz CT molecular complexity index is 562. The standard InChI is InChI=1S/C12H9F2NO2/c1-6-4-8(11(15-6)12(16)17)7-2-3-9(13)10(14)5-7/h2-3,5H,4H2,1H3,(H,16,17). The summed E-state index contributed by atoms with van der Waals surface area (Å²) in [6, 6.07) is 3.32. The molecule has 1 heterocycles. The summed E-state index contributed by atoms with van der Waals surface area (Å²) >= 11 is 0. The van der Waals surface area contributed by atoms with Crippen LogP contribution >= 0.6 is 0 Å². The first-order chi connectivity index (χ1) is 7.99. The van der Waals surface area contributed by atoms with Crippen LogP contribution in [0.15, 0.2) is 28.9 Å². The number of aliphatic imine (C=N–C) groups is 1. The molecule has 0 saturated heterocycles. The van der Waals surface area contributed by atoms with E-state index in [1.54, 1.807) is 6.92 Å². The fraction of sp³-hybridized carbons (Fsp3) is 0.167. The summed E-state index contributed by atoms with van der Waals surface area (Å²) in [5, 5.41) is 8.95. The Morgan fingerprint density at radius 1 is 1.35 bits per heavy atom. The molecule has 0 spiro atoms. The summed E-state index contributed by atoms with van der Waals surface area (Å²) < 4.78 is 25.9. The number of carboxylic acids is 1. The quantitative estimate of drug-likeness (QED) is 0.859. The lowest BCUT2D eigenvalue weighted by Crippen LogP contribution is -1.99. The van der Waals surface area contributed by atoms with Crippen molar-refractivity contribution in [1.82, 2.24) is 0 Å². The number of aliphatic carboxylic acids is 1. The van der Waals surface area contributed by atoms with E-state index in [4.69, 9.17) is 5.11 Å². The molecule has 3 nitrogen and oxygen atoms in total. The molecule has 1 aliphatic rings. The van der Waals surface area contributed by atoms with Crippen molar-refractivity contribution in [3.8, 4) is 0 Å². The highest BCUT2D eigenvalue weighted by molar-refractivity contribution is 6.08. The van der Waals surface area contributed by atoms with Crippen molar-refractivity contribution < 1.29 is 18.7 Å². The van der Waals surface area contributed by atoms with Gasteiger partial charge in [0.05, 0.1) is 0 Å². The zero-order chi connectivity index (χ0) is 12.6. The highest BCUT2D eigenvalue weighted by Crippen LogP contribution is 2.30. The van der Waals surface area contributed by atoms with E-state index in [0.717, 1.165) is 12.1 Å². The molecule has 2 rings (SSSR count). The number of carbonyl (C=O) groups is 1. The number of hydrogen-bond acceptors (Lipinski definition) is 2. The molecule has 17 heavy (non-hydrogen) atoms. The lowest BCUT2D eigenvalue weighted by Gasteiger charge is -2.04. The molecule has 0 unspecified atom stereocenters. The highest BCUT2D eigenvalue weighted by atomic mass is 19.2. The van der Waals surface area contributed by atoms with E-state index in [1.807, 2.05) is 0 Å². The fourth-order valence-corrected chi connectivity index (χ4v) is 1.74. The van der Waals surface area contributed by atoms with Crippen molar-refractivity contribution in [3.05, 3.63) is 41.1 Å². The number of allylic oxidation sites excluding steroid dienone is 1. The Hall–Kier alpha value is -2.04.